The molecule has 3 aromatic rings. The monoisotopic (exact) mass is 390 g/mol. The number of anilines is 1. The number of rotatable bonds is 2. The molecule has 10 heteroatoms. The maximum absolute atomic E-state index is 13.0. The van der Waals surface area contributed by atoms with Crippen molar-refractivity contribution < 1.29 is 18.0 Å². The van der Waals surface area contributed by atoms with E-state index in [0.717, 1.165) is 6.07 Å². The van der Waals surface area contributed by atoms with E-state index in [1.54, 1.807) is 24.1 Å². The molecule has 1 aliphatic rings. The minimum Gasteiger partial charge on any atom is -0.353 e. The molecule has 0 spiro atoms. The van der Waals surface area contributed by atoms with Crippen LogP contribution in [-0.2, 0) is 11.0 Å². The molecule has 3 aromatic heterocycles. The fourth-order valence-electron chi connectivity index (χ4n) is 3.24. The summed E-state index contributed by atoms with van der Waals surface area (Å²) in [7, 11) is 0. The van der Waals surface area contributed by atoms with E-state index < -0.39 is 11.9 Å². The number of piperazine rings is 1. The Morgan fingerprint density at radius 1 is 1.14 bits per heavy atom. The molecule has 4 heterocycles. The second-order valence-electron chi connectivity index (χ2n) is 6.53. The number of halogens is 3. The Labute approximate surface area is 158 Å². The molecule has 4 rings (SSSR count). The number of hydrogen-bond acceptors (Lipinski definition) is 5. The van der Waals surface area contributed by atoms with Gasteiger partial charge in [-0.2, -0.15) is 18.3 Å². The predicted octanol–water partition coefficient (Wildman–Crippen LogP) is 2.48. The highest BCUT2D eigenvalue weighted by molar-refractivity contribution is 5.78. The number of pyridine rings is 1. The molecule has 0 saturated carbocycles. The molecule has 7 nitrogen and oxygen atoms in total. The van der Waals surface area contributed by atoms with Crippen LogP contribution in [0.15, 0.2) is 36.8 Å². The minimum absolute atomic E-state index is 0.0410. The molecule has 1 fully saturated rings. The van der Waals surface area contributed by atoms with Gasteiger partial charge in [0.2, 0.25) is 5.91 Å². The molecule has 0 aromatic carbocycles. The fraction of sp³-hybridized carbons (Fsp3) is 0.333. The number of carbonyl (C=O) groups excluding carboxylic acids is 1. The second kappa shape index (κ2) is 6.77. The summed E-state index contributed by atoms with van der Waals surface area (Å²) in [5.41, 5.74) is 0.350. The first-order valence-corrected chi connectivity index (χ1v) is 8.71. The molecule has 1 aliphatic heterocycles. The standard InChI is InChI=1S/C18H17F3N6O/c1-12(28)25-6-8-26(9-7-25)16-10-13(2-4-22-16)14-11-23-27-5-3-15(18(19,20)21)24-17(14)27/h2-5,10-11H,6-9H2,1H3. The lowest BCUT2D eigenvalue weighted by Crippen LogP contribution is -2.48. The third kappa shape index (κ3) is 3.37. The van der Waals surface area contributed by atoms with Crippen LogP contribution in [0.1, 0.15) is 12.6 Å². The first-order chi connectivity index (χ1) is 13.3. The van der Waals surface area contributed by atoms with Gasteiger partial charge >= 0.3 is 6.18 Å². The number of amides is 1. The quantitative estimate of drug-likeness (QED) is 0.673. The maximum atomic E-state index is 13.0. The minimum atomic E-state index is -4.52. The highest BCUT2D eigenvalue weighted by atomic mass is 19.4. The lowest BCUT2D eigenvalue weighted by Gasteiger charge is -2.35. The molecule has 0 radical (unpaired) electrons. The zero-order valence-corrected chi connectivity index (χ0v) is 15.0. The van der Waals surface area contributed by atoms with Crippen LogP contribution >= 0.6 is 0 Å². The van der Waals surface area contributed by atoms with Gasteiger partial charge in [-0.1, -0.05) is 0 Å². The SMILES string of the molecule is CC(=O)N1CCN(c2cc(-c3cnn4ccc(C(F)(F)F)nc34)ccn2)CC1. The smallest absolute Gasteiger partial charge is 0.353 e. The number of alkyl halides is 3. The number of carbonyl (C=O) groups is 1. The third-order valence-electron chi connectivity index (χ3n) is 4.77. The molecule has 28 heavy (non-hydrogen) atoms. The Hall–Kier alpha value is -3.17. The highest BCUT2D eigenvalue weighted by Crippen LogP contribution is 2.31. The summed E-state index contributed by atoms with van der Waals surface area (Å²) in [5, 5.41) is 4.10. The molecule has 0 bridgehead atoms. The summed E-state index contributed by atoms with van der Waals surface area (Å²) in [4.78, 5) is 23.4. The van der Waals surface area contributed by atoms with Gasteiger partial charge in [0, 0.05) is 51.1 Å². The van der Waals surface area contributed by atoms with Gasteiger partial charge in [0.25, 0.3) is 0 Å². The molecule has 0 unspecified atom stereocenters. The van der Waals surface area contributed by atoms with Crippen LogP contribution in [0.4, 0.5) is 19.0 Å². The van der Waals surface area contributed by atoms with E-state index in [9.17, 15) is 18.0 Å². The topological polar surface area (TPSA) is 66.6 Å². The Morgan fingerprint density at radius 2 is 1.89 bits per heavy atom. The lowest BCUT2D eigenvalue weighted by molar-refractivity contribution is -0.141. The first kappa shape index (κ1) is 18.2. The van der Waals surface area contributed by atoms with Crippen molar-refractivity contribution in [3.8, 4) is 11.1 Å². The second-order valence-corrected chi connectivity index (χ2v) is 6.53. The molecular formula is C18H17F3N6O. The van der Waals surface area contributed by atoms with Gasteiger partial charge in [-0.15, -0.1) is 0 Å². The molecule has 0 N–H and O–H groups in total. The number of nitrogens with zero attached hydrogens (tertiary/aromatic N) is 6. The van der Waals surface area contributed by atoms with E-state index in [1.165, 1.54) is 16.9 Å². The third-order valence-corrected chi connectivity index (χ3v) is 4.77. The van der Waals surface area contributed by atoms with E-state index in [2.05, 4.69) is 15.1 Å². The van der Waals surface area contributed by atoms with Crippen LogP contribution in [-0.4, -0.2) is 56.6 Å². The Kier molecular flexibility index (Phi) is 4.40. The van der Waals surface area contributed by atoms with E-state index in [1.807, 2.05) is 11.0 Å². The van der Waals surface area contributed by atoms with Crippen molar-refractivity contribution in [1.29, 1.82) is 0 Å². The Bertz CT molecular complexity index is 1020. The van der Waals surface area contributed by atoms with Gasteiger partial charge in [0.15, 0.2) is 5.65 Å². The predicted molar refractivity (Wildman–Crippen MR) is 95.7 cm³/mol. The average Bonchev–Trinajstić information content (AvgIpc) is 3.11. The molecular weight excluding hydrogens is 373 g/mol. The van der Waals surface area contributed by atoms with Crippen molar-refractivity contribution in [1.82, 2.24) is 24.5 Å². The summed E-state index contributed by atoms with van der Waals surface area (Å²) >= 11 is 0. The maximum Gasteiger partial charge on any atom is 0.433 e. The summed E-state index contributed by atoms with van der Waals surface area (Å²) in [6.45, 7) is 4.04. The molecule has 1 amide bonds. The number of fused-ring (bicyclic) bond motifs is 1. The highest BCUT2D eigenvalue weighted by Gasteiger charge is 2.33. The van der Waals surface area contributed by atoms with Crippen molar-refractivity contribution in [2.24, 2.45) is 0 Å². The largest absolute Gasteiger partial charge is 0.433 e. The van der Waals surface area contributed by atoms with Crippen LogP contribution in [0.3, 0.4) is 0 Å². The van der Waals surface area contributed by atoms with Crippen molar-refractivity contribution >= 4 is 17.4 Å². The summed E-state index contributed by atoms with van der Waals surface area (Å²) in [6.07, 6.45) is -0.171. The zero-order valence-electron chi connectivity index (χ0n) is 15.0. The van der Waals surface area contributed by atoms with E-state index in [0.29, 0.717) is 43.1 Å². The summed E-state index contributed by atoms with van der Waals surface area (Å²) in [6, 6.07) is 4.42. The van der Waals surface area contributed by atoms with Crippen LogP contribution in [0.2, 0.25) is 0 Å². The van der Waals surface area contributed by atoms with Gasteiger partial charge in [0.05, 0.1) is 6.20 Å². The van der Waals surface area contributed by atoms with Gasteiger partial charge in [0.1, 0.15) is 11.5 Å². The summed E-state index contributed by atoms with van der Waals surface area (Å²) < 4.78 is 40.4. The molecule has 0 atom stereocenters. The van der Waals surface area contributed by atoms with Crippen molar-refractivity contribution in [2.45, 2.75) is 13.1 Å². The Morgan fingerprint density at radius 3 is 2.57 bits per heavy atom. The Balaban J connectivity index is 1.66. The van der Waals surface area contributed by atoms with Crippen molar-refractivity contribution in [2.75, 3.05) is 31.1 Å². The van der Waals surface area contributed by atoms with Crippen LogP contribution in [0.5, 0.6) is 0 Å². The molecule has 146 valence electrons. The lowest BCUT2D eigenvalue weighted by atomic mass is 10.1. The van der Waals surface area contributed by atoms with Gasteiger partial charge in [-0.05, 0) is 23.8 Å². The van der Waals surface area contributed by atoms with E-state index in [-0.39, 0.29) is 11.6 Å². The van der Waals surface area contributed by atoms with Crippen LogP contribution in [0.25, 0.3) is 16.8 Å². The zero-order chi connectivity index (χ0) is 19.9. The van der Waals surface area contributed by atoms with E-state index >= 15 is 0 Å². The fourth-order valence-corrected chi connectivity index (χ4v) is 3.24. The van der Waals surface area contributed by atoms with E-state index in [4.69, 9.17) is 0 Å². The number of aromatic nitrogens is 4. The first-order valence-electron chi connectivity index (χ1n) is 8.71. The summed E-state index contributed by atoms with van der Waals surface area (Å²) in [5.74, 6) is 0.742. The van der Waals surface area contributed by atoms with Gasteiger partial charge in [-0.3, -0.25) is 4.79 Å². The normalized spacial score (nSPS) is 15.3. The van der Waals surface area contributed by atoms with Gasteiger partial charge in [-0.25, -0.2) is 14.5 Å². The van der Waals surface area contributed by atoms with Crippen molar-refractivity contribution in [3.05, 3.63) is 42.5 Å². The average molecular weight is 390 g/mol. The van der Waals surface area contributed by atoms with Gasteiger partial charge < -0.3 is 9.80 Å². The number of hydrogen-bond donors (Lipinski definition) is 0. The molecule has 0 aliphatic carbocycles. The van der Waals surface area contributed by atoms with Crippen LogP contribution in [0, 0.1) is 0 Å². The van der Waals surface area contributed by atoms with Crippen LogP contribution < -0.4 is 4.90 Å². The molecule has 1 saturated heterocycles. The van der Waals surface area contributed by atoms with Crippen molar-refractivity contribution in [3.63, 3.8) is 0 Å².